The molecule has 1 atom stereocenters. The molecule has 2 aliphatic rings. The normalized spacial score (nSPS) is 24.1. The van der Waals surface area contributed by atoms with Crippen molar-refractivity contribution < 1.29 is 9.90 Å². The molecule has 1 aromatic carbocycles. The standard InChI is InChI=1S/C15H20N2O2/c1-2-15(19)9-17(10-15)14(18)12-7-8-16-13-6-4-3-5-11(12)13/h3-6,12,16,19H,2,7-10H2,1H3. The maximum Gasteiger partial charge on any atom is 0.230 e. The number of carbonyl (C=O) groups excluding carboxylic acids is 1. The molecule has 0 aromatic heterocycles. The van der Waals surface area contributed by atoms with E-state index in [4.69, 9.17) is 0 Å². The topological polar surface area (TPSA) is 52.6 Å². The van der Waals surface area contributed by atoms with Crippen molar-refractivity contribution in [1.82, 2.24) is 4.90 Å². The van der Waals surface area contributed by atoms with Gasteiger partial charge in [0.15, 0.2) is 0 Å². The highest BCUT2D eigenvalue weighted by atomic mass is 16.3. The molecule has 3 rings (SSSR count). The molecule has 2 aliphatic heterocycles. The number of nitrogens with one attached hydrogen (secondary N) is 1. The van der Waals surface area contributed by atoms with Crippen LogP contribution in [-0.2, 0) is 4.79 Å². The summed E-state index contributed by atoms with van der Waals surface area (Å²) in [4.78, 5) is 14.3. The highest BCUT2D eigenvalue weighted by Crippen LogP contribution is 2.35. The molecule has 102 valence electrons. The van der Waals surface area contributed by atoms with E-state index in [1.165, 1.54) is 0 Å². The van der Waals surface area contributed by atoms with Gasteiger partial charge in [0.2, 0.25) is 5.91 Å². The maximum absolute atomic E-state index is 12.5. The van der Waals surface area contributed by atoms with E-state index < -0.39 is 5.60 Å². The number of amides is 1. The number of benzene rings is 1. The lowest BCUT2D eigenvalue weighted by Gasteiger charge is -2.47. The summed E-state index contributed by atoms with van der Waals surface area (Å²) in [5.74, 6) is 0.103. The van der Waals surface area contributed by atoms with E-state index in [-0.39, 0.29) is 11.8 Å². The van der Waals surface area contributed by atoms with Crippen molar-refractivity contribution in [2.45, 2.75) is 31.3 Å². The summed E-state index contributed by atoms with van der Waals surface area (Å²) in [5.41, 5.74) is 1.51. The quantitative estimate of drug-likeness (QED) is 0.848. The molecule has 1 aromatic rings. The van der Waals surface area contributed by atoms with Gasteiger partial charge >= 0.3 is 0 Å². The van der Waals surface area contributed by atoms with Crippen LogP contribution < -0.4 is 5.32 Å². The Bertz CT molecular complexity index is 495. The van der Waals surface area contributed by atoms with Crippen LogP contribution in [0.15, 0.2) is 24.3 Å². The number of nitrogens with zero attached hydrogens (tertiary/aromatic N) is 1. The zero-order valence-electron chi connectivity index (χ0n) is 11.2. The minimum atomic E-state index is -0.651. The molecule has 1 amide bonds. The average molecular weight is 260 g/mol. The molecule has 1 saturated heterocycles. The summed E-state index contributed by atoms with van der Waals surface area (Å²) in [6.07, 6.45) is 1.54. The van der Waals surface area contributed by atoms with Crippen LogP contribution in [-0.4, -0.2) is 41.1 Å². The summed E-state index contributed by atoms with van der Waals surface area (Å²) < 4.78 is 0. The van der Waals surface area contributed by atoms with Crippen molar-refractivity contribution in [1.29, 1.82) is 0 Å². The molecule has 4 nitrogen and oxygen atoms in total. The Kier molecular flexibility index (Phi) is 2.97. The van der Waals surface area contributed by atoms with Crippen molar-refractivity contribution in [2.75, 3.05) is 25.0 Å². The van der Waals surface area contributed by atoms with E-state index in [2.05, 4.69) is 5.32 Å². The molecule has 0 saturated carbocycles. The van der Waals surface area contributed by atoms with Gasteiger partial charge in [-0.05, 0) is 24.5 Å². The zero-order valence-corrected chi connectivity index (χ0v) is 11.2. The predicted octanol–water partition coefficient (Wildman–Crippen LogP) is 1.57. The first kappa shape index (κ1) is 12.5. The van der Waals surface area contributed by atoms with Crippen LogP contribution in [0.3, 0.4) is 0 Å². The van der Waals surface area contributed by atoms with Gasteiger partial charge in [0.1, 0.15) is 0 Å². The molecule has 0 spiro atoms. The number of aliphatic hydroxyl groups is 1. The van der Waals surface area contributed by atoms with Crippen LogP contribution in [0.4, 0.5) is 5.69 Å². The van der Waals surface area contributed by atoms with E-state index in [1.807, 2.05) is 31.2 Å². The number of hydrogen-bond donors (Lipinski definition) is 2. The first-order valence-electron chi connectivity index (χ1n) is 6.97. The molecule has 0 aliphatic carbocycles. The zero-order chi connectivity index (χ0) is 13.5. The monoisotopic (exact) mass is 260 g/mol. The van der Waals surface area contributed by atoms with Gasteiger partial charge in [-0.25, -0.2) is 0 Å². The molecule has 2 N–H and O–H groups in total. The number of rotatable bonds is 2. The van der Waals surface area contributed by atoms with E-state index in [1.54, 1.807) is 4.90 Å². The Morgan fingerprint density at radius 3 is 2.95 bits per heavy atom. The van der Waals surface area contributed by atoms with Crippen molar-refractivity contribution >= 4 is 11.6 Å². The first-order chi connectivity index (χ1) is 9.13. The lowest BCUT2D eigenvalue weighted by Crippen LogP contribution is -2.64. The van der Waals surface area contributed by atoms with Gasteiger partial charge in [-0.2, -0.15) is 0 Å². The number of para-hydroxylation sites is 1. The fourth-order valence-corrected chi connectivity index (χ4v) is 2.99. The lowest BCUT2D eigenvalue weighted by molar-refractivity contribution is -0.157. The smallest absolute Gasteiger partial charge is 0.230 e. The molecular formula is C15H20N2O2. The summed E-state index contributed by atoms with van der Waals surface area (Å²) in [6, 6.07) is 8.01. The van der Waals surface area contributed by atoms with E-state index in [9.17, 15) is 9.90 Å². The SMILES string of the molecule is CCC1(O)CN(C(=O)C2CCNc3ccccc32)C1. The van der Waals surface area contributed by atoms with Gasteiger partial charge in [-0.15, -0.1) is 0 Å². The number of likely N-dealkylation sites (tertiary alicyclic amines) is 1. The maximum atomic E-state index is 12.5. The van der Waals surface area contributed by atoms with Gasteiger partial charge in [0.25, 0.3) is 0 Å². The Morgan fingerprint density at radius 2 is 2.21 bits per heavy atom. The second kappa shape index (κ2) is 4.53. The van der Waals surface area contributed by atoms with Crippen LogP contribution in [0.25, 0.3) is 0 Å². The average Bonchev–Trinajstić information content (AvgIpc) is 2.42. The summed E-state index contributed by atoms with van der Waals surface area (Å²) in [7, 11) is 0. The highest BCUT2D eigenvalue weighted by molar-refractivity contribution is 5.87. The van der Waals surface area contributed by atoms with E-state index in [0.717, 1.165) is 24.2 Å². The van der Waals surface area contributed by atoms with Crippen molar-refractivity contribution in [3.63, 3.8) is 0 Å². The number of carbonyl (C=O) groups is 1. The van der Waals surface area contributed by atoms with Crippen LogP contribution in [0.2, 0.25) is 0 Å². The van der Waals surface area contributed by atoms with Crippen LogP contribution in [0.5, 0.6) is 0 Å². The third-order valence-electron chi connectivity index (χ3n) is 4.32. The molecule has 1 unspecified atom stereocenters. The predicted molar refractivity (Wildman–Crippen MR) is 74.1 cm³/mol. The summed E-state index contributed by atoms with van der Waals surface area (Å²) >= 11 is 0. The van der Waals surface area contributed by atoms with Gasteiger partial charge in [0.05, 0.1) is 24.6 Å². The molecule has 2 heterocycles. The Labute approximate surface area is 113 Å². The van der Waals surface area contributed by atoms with Gasteiger partial charge in [-0.3, -0.25) is 4.79 Å². The van der Waals surface area contributed by atoms with Crippen LogP contribution in [0.1, 0.15) is 31.2 Å². The minimum absolute atomic E-state index is 0.0566. The van der Waals surface area contributed by atoms with Crippen LogP contribution >= 0.6 is 0 Å². The second-order valence-electron chi connectivity index (χ2n) is 5.63. The van der Waals surface area contributed by atoms with E-state index >= 15 is 0 Å². The van der Waals surface area contributed by atoms with Gasteiger partial charge in [0, 0.05) is 12.2 Å². The minimum Gasteiger partial charge on any atom is -0.386 e. The third-order valence-corrected chi connectivity index (χ3v) is 4.32. The molecule has 0 bridgehead atoms. The molecule has 0 radical (unpaired) electrons. The number of fused-ring (bicyclic) bond motifs is 1. The number of hydrogen-bond acceptors (Lipinski definition) is 3. The van der Waals surface area contributed by atoms with Crippen LogP contribution in [0, 0.1) is 0 Å². The molecule has 4 heteroatoms. The van der Waals surface area contributed by atoms with Gasteiger partial charge in [-0.1, -0.05) is 25.1 Å². The molecular weight excluding hydrogens is 240 g/mol. The number of anilines is 1. The third kappa shape index (κ3) is 2.10. The largest absolute Gasteiger partial charge is 0.386 e. The Balaban J connectivity index is 1.76. The summed E-state index contributed by atoms with van der Waals surface area (Å²) in [6.45, 7) is 3.75. The second-order valence-corrected chi connectivity index (χ2v) is 5.63. The van der Waals surface area contributed by atoms with E-state index in [0.29, 0.717) is 19.5 Å². The molecule has 19 heavy (non-hydrogen) atoms. The highest BCUT2D eigenvalue weighted by Gasteiger charge is 2.44. The number of β-amino-alcohol motifs (C(OH)–C–C–N with tert-alkyl or cyclic N) is 1. The first-order valence-corrected chi connectivity index (χ1v) is 6.97. The Hall–Kier alpha value is -1.55. The van der Waals surface area contributed by atoms with Crippen molar-refractivity contribution in [3.05, 3.63) is 29.8 Å². The molecule has 1 fully saturated rings. The summed E-state index contributed by atoms with van der Waals surface area (Å²) in [5, 5.41) is 13.4. The fraction of sp³-hybridized carbons (Fsp3) is 0.533. The van der Waals surface area contributed by atoms with Crippen molar-refractivity contribution in [2.24, 2.45) is 0 Å². The van der Waals surface area contributed by atoms with Gasteiger partial charge < -0.3 is 15.3 Å². The van der Waals surface area contributed by atoms with Crippen molar-refractivity contribution in [3.8, 4) is 0 Å². The lowest BCUT2D eigenvalue weighted by atomic mass is 9.85. The fourth-order valence-electron chi connectivity index (χ4n) is 2.99. The Morgan fingerprint density at radius 1 is 1.47 bits per heavy atom.